The molecule has 9 atom stereocenters. The molecular formula is C45H74N4O9. The topological polar surface area (TPSA) is 163 Å². The first kappa shape index (κ1) is 50.3. The Labute approximate surface area is 347 Å². The summed E-state index contributed by atoms with van der Waals surface area (Å²) in [5.41, 5.74) is 0.103. The minimum absolute atomic E-state index is 0.0325. The molecule has 2 rings (SSSR count). The number of hydrogen-bond acceptors (Lipinski definition) is 8. The number of carbonyl (C=O) groups is 6. The van der Waals surface area contributed by atoms with Gasteiger partial charge in [0.25, 0.3) is 0 Å². The molecule has 0 aromatic heterocycles. The Bertz CT molecular complexity index is 1530. The second-order valence-corrected chi connectivity index (χ2v) is 18.1. The van der Waals surface area contributed by atoms with E-state index in [1.54, 1.807) is 30.8 Å². The van der Waals surface area contributed by atoms with Crippen LogP contribution in [0.25, 0.3) is 0 Å². The number of nitrogens with one attached hydrogen (secondary N) is 1. The van der Waals surface area contributed by atoms with Crippen molar-refractivity contribution < 1.29 is 43.3 Å². The number of aliphatic carboxylic acids is 1. The molecule has 1 aromatic carbocycles. The molecule has 328 valence electrons. The van der Waals surface area contributed by atoms with Crippen molar-refractivity contribution in [2.75, 3.05) is 34.9 Å². The summed E-state index contributed by atoms with van der Waals surface area (Å²) in [7, 11) is 6.40. The number of carboxylic acid groups (broad SMARTS) is 1. The maximum Gasteiger partial charge on any atom is 0.326 e. The highest BCUT2D eigenvalue weighted by atomic mass is 16.5. The van der Waals surface area contributed by atoms with E-state index >= 15 is 0 Å². The number of carbonyl (C=O) groups excluding carboxylic acids is 5. The summed E-state index contributed by atoms with van der Waals surface area (Å²) >= 11 is 0. The van der Waals surface area contributed by atoms with Gasteiger partial charge in [0.15, 0.2) is 5.78 Å². The molecule has 1 aliphatic rings. The van der Waals surface area contributed by atoms with E-state index in [0.29, 0.717) is 25.8 Å². The lowest BCUT2D eigenvalue weighted by Gasteiger charge is -2.41. The molecule has 1 heterocycles. The number of likely N-dealkylation sites (tertiary alicyclic amines) is 1. The fourth-order valence-corrected chi connectivity index (χ4v) is 8.56. The number of nitrogens with zero attached hydrogens (tertiary/aromatic N) is 3. The normalized spacial score (nSPS) is 18.8. The first-order valence-corrected chi connectivity index (χ1v) is 21.0. The molecule has 0 aliphatic carbocycles. The van der Waals surface area contributed by atoms with E-state index in [2.05, 4.69) is 5.32 Å². The average molecular weight is 815 g/mol. The number of likely N-dealkylation sites (N-methyl/N-ethyl adjacent to an activating group) is 2. The molecular weight excluding hydrogens is 741 g/mol. The molecule has 4 amide bonds. The third-order valence-electron chi connectivity index (χ3n) is 12.0. The predicted molar refractivity (Wildman–Crippen MR) is 225 cm³/mol. The number of hydrogen-bond donors (Lipinski definition) is 2. The highest BCUT2D eigenvalue weighted by Gasteiger charge is 2.44. The standard InChI is InChI=1S/C45H74N4O9/c1-15-29(6)39(47(11)42(53)32(27(2)3)25-35(50)38(28(4)5)48(12)44(56)45(8,9)10)36(57-13)26-37(51)49-23-19-22-34(49)40(58-14)30(7)41(52)46-33(43(54)55)24-31-20-17-16-18-21-31/h16-18,20-21,27-30,32-34,36,38-40H,15,19,22-26H2,1-14H3,(H,46,52)(H,54,55)/t29-,30+,32-,33-,34-,36+,38-,39-,40+/m0/s1. The molecule has 13 heteroatoms. The number of amides is 4. The number of carboxylic acids is 1. The van der Waals surface area contributed by atoms with Gasteiger partial charge < -0.3 is 34.6 Å². The molecule has 13 nitrogen and oxygen atoms in total. The van der Waals surface area contributed by atoms with Gasteiger partial charge in [-0.1, -0.05) is 106 Å². The molecule has 0 unspecified atom stereocenters. The Kier molecular flexibility index (Phi) is 19.5. The van der Waals surface area contributed by atoms with Crippen LogP contribution in [-0.4, -0.2) is 126 Å². The van der Waals surface area contributed by atoms with Crippen LogP contribution >= 0.6 is 0 Å². The Hall–Kier alpha value is -3.84. The molecule has 0 spiro atoms. The summed E-state index contributed by atoms with van der Waals surface area (Å²) in [5.74, 6) is -4.21. The zero-order chi connectivity index (χ0) is 44.2. The van der Waals surface area contributed by atoms with Crippen molar-refractivity contribution in [1.29, 1.82) is 0 Å². The molecule has 0 radical (unpaired) electrons. The summed E-state index contributed by atoms with van der Waals surface area (Å²) in [5, 5.41) is 12.6. The van der Waals surface area contributed by atoms with Crippen molar-refractivity contribution >= 4 is 35.4 Å². The van der Waals surface area contributed by atoms with E-state index in [1.165, 1.54) is 19.1 Å². The van der Waals surface area contributed by atoms with E-state index < -0.39 is 65.5 Å². The first-order chi connectivity index (χ1) is 27.0. The molecule has 1 aliphatic heterocycles. The summed E-state index contributed by atoms with van der Waals surface area (Å²) in [6, 6.07) is 6.31. The quantitative estimate of drug-likeness (QED) is 0.154. The zero-order valence-electron chi connectivity index (χ0n) is 37.7. The Balaban J connectivity index is 2.31. The number of rotatable bonds is 22. The number of ketones is 1. The van der Waals surface area contributed by atoms with E-state index in [1.807, 2.05) is 92.6 Å². The van der Waals surface area contributed by atoms with Gasteiger partial charge in [0.1, 0.15) is 6.04 Å². The van der Waals surface area contributed by atoms with Crippen LogP contribution in [0.1, 0.15) is 107 Å². The van der Waals surface area contributed by atoms with Crippen molar-refractivity contribution in [3.05, 3.63) is 35.9 Å². The Morgan fingerprint density at radius 2 is 1.50 bits per heavy atom. The molecule has 0 saturated carbocycles. The number of benzene rings is 1. The molecule has 58 heavy (non-hydrogen) atoms. The highest BCUT2D eigenvalue weighted by molar-refractivity contribution is 5.93. The smallest absolute Gasteiger partial charge is 0.326 e. The monoisotopic (exact) mass is 815 g/mol. The third kappa shape index (κ3) is 13.1. The van der Waals surface area contributed by atoms with Gasteiger partial charge in [-0.2, -0.15) is 0 Å². The Morgan fingerprint density at radius 3 is 1.98 bits per heavy atom. The van der Waals surface area contributed by atoms with Crippen LogP contribution in [0.15, 0.2) is 30.3 Å². The summed E-state index contributed by atoms with van der Waals surface area (Å²) in [6.07, 6.45) is 0.652. The van der Waals surface area contributed by atoms with Gasteiger partial charge in [0.05, 0.1) is 42.7 Å². The third-order valence-corrected chi connectivity index (χ3v) is 12.0. The summed E-state index contributed by atoms with van der Waals surface area (Å²) in [4.78, 5) is 86.6. The molecule has 1 aromatic rings. The maximum atomic E-state index is 14.5. The lowest BCUT2D eigenvalue weighted by Crippen LogP contribution is -2.55. The zero-order valence-corrected chi connectivity index (χ0v) is 37.7. The molecule has 2 N–H and O–H groups in total. The minimum atomic E-state index is -1.15. The first-order valence-electron chi connectivity index (χ1n) is 21.0. The fourth-order valence-electron chi connectivity index (χ4n) is 8.56. The van der Waals surface area contributed by atoms with Crippen LogP contribution in [0.4, 0.5) is 0 Å². The minimum Gasteiger partial charge on any atom is -0.480 e. The van der Waals surface area contributed by atoms with Crippen LogP contribution in [0.5, 0.6) is 0 Å². The van der Waals surface area contributed by atoms with E-state index in [-0.39, 0.29) is 60.5 Å². The second kappa shape index (κ2) is 22.5. The van der Waals surface area contributed by atoms with Crippen molar-refractivity contribution in [1.82, 2.24) is 20.0 Å². The van der Waals surface area contributed by atoms with Crippen LogP contribution in [-0.2, 0) is 44.7 Å². The van der Waals surface area contributed by atoms with Gasteiger partial charge in [0, 0.05) is 59.0 Å². The van der Waals surface area contributed by atoms with Crippen LogP contribution < -0.4 is 5.32 Å². The number of methoxy groups -OCH3 is 2. The van der Waals surface area contributed by atoms with E-state index in [9.17, 15) is 33.9 Å². The van der Waals surface area contributed by atoms with Crippen LogP contribution in [0.2, 0.25) is 0 Å². The van der Waals surface area contributed by atoms with Crippen LogP contribution in [0, 0.1) is 35.0 Å². The van der Waals surface area contributed by atoms with Gasteiger partial charge >= 0.3 is 5.97 Å². The number of ether oxygens (including phenoxy) is 2. The van der Waals surface area contributed by atoms with Gasteiger partial charge in [-0.25, -0.2) is 4.79 Å². The van der Waals surface area contributed by atoms with Gasteiger partial charge in [-0.05, 0) is 36.2 Å². The SMILES string of the molecule is CC[C@H](C)[C@@H]([C@@H](CC(=O)N1CCC[C@H]1[C@H](OC)[C@@H](C)C(=O)N[C@@H](Cc1ccccc1)C(=O)O)OC)N(C)C(=O)[C@@H](CC(=O)[C@H](C(C)C)N(C)C(=O)C(C)(C)C)C(C)C. The second-order valence-electron chi connectivity index (χ2n) is 18.1. The lowest BCUT2D eigenvalue weighted by atomic mass is 9.83. The van der Waals surface area contributed by atoms with Crippen molar-refractivity contribution in [2.24, 2.45) is 35.0 Å². The van der Waals surface area contributed by atoms with Crippen molar-refractivity contribution in [3.8, 4) is 0 Å². The average Bonchev–Trinajstić information content (AvgIpc) is 3.65. The molecule has 1 saturated heterocycles. The van der Waals surface area contributed by atoms with Crippen molar-refractivity contribution in [2.45, 2.75) is 144 Å². The lowest BCUT2D eigenvalue weighted by molar-refractivity contribution is -0.150. The largest absolute Gasteiger partial charge is 0.480 e. The maximum absolute atomic E-state index is 14.5. The van der Waals surface area contributed by atoms with E-state index in [0.717, 1.165) is 5.56 Å². The van der Waals surface area contributed by atoms with Crippen molar-refractivity contribution in [3.63, 3.8) is 0 Å². The summed E-state index contributed by atoms with van der Waals surface area (Å²) < 4.78 is 11.9. The van der Waals surface area contributed by atoms with Gasteiger partial charge in [-0.3, -0.25) is 24.0 Å². The van der Waals surface area contributed by atoms with Gasteiger partial charge in [0.2, 0.25) is 23.6 Å². The molecule has 0 bridgehead atoms. The summed E-state index contributed by atoms with van der Waals surface area (Å²) in [6.45, 7) is 19.3. The van der Waals surface area contributed by atoms with Gasteiger partial charge in [-0.15, -0.1) is 0 Å². The Morgan fingerprint density at radius 1 is 0.897 bits per heavy atom. The number of Topliss-reactive ketones (excluding diaryl/α,β-unsaturated/α-hetero) is 1. The highest BCUT2D eigenvalue weighted by Crippen LogP contribution is 2.31. The van der Waals surface area contributed by atoms with Crippen LogP contribution in [0.3, 0.4) is 0 Å². The fraction of sp³-hybridized carbons (Fsp3) is 0.733. The predicted octanol–water partition coefficient (Wildman–Crippen LogP) is 5.48. The molecule has 1 fully saturated rings. The van der Waals surface area contributed by atoms with E-state index in [4.69, 9.17) is 9.47 Å².